The van der Waals surface area contributed by atoms with Gasteiger partial charge in [0.2, 0.25) is 0 Å². The first-order valence-corrected chi connectivity index (χ1v) is 8.89. The lowest BCUT2D eigenvalue weighted by Gasteiger charge is -2.07. The molecule has 0 bridgehead atoms. The molecule has 1 heterocycles. The van der Waals surface area contributed by atoms with Crippen LogP contribution in [-0.2, 0) is 10.0 Å². The molecule has 8 heteroatoms. The number of sulfonamides is 1. The molecular formula is C15H12BrN3O3S. The van der Waals surface area contributed by atoms with E-state index in [4.69, 9.17) is 0 Å². The van der Waals surface area contributed by atoms with Crippen LogP contribution in [0.2, 0.25) is 0 Å². The number of aromatic nitrogens is 1. The van der Waals surface area contributed by atoms with E-state index in [0.29, 0.717) is 0 Å². The number of halogens is 1. The monoisotopic (exact) mass is 393 g/mol. The minimum Gasteiger partial charge on any atom is -0.350 e. The first kappa shape index (κ1) is 15.7. The molecular weight excluding hydrogens is 382 g/mol. The van der Waals surface area contributed by atoms with Crippen LogP contribution in [0.25, 0.3) is 10.9 Å². The van der Waals surface area contributed by atoms with E-state index in [9.17, 15) is 13.2 Å². The van der Waals surface area contributed by atoms with Crippen molar-refractivity contribution in [3.63, 3.8) is 0 Å². The normalized spacial score (nSPS) is 11.5. The quantitative estimate of drug-likeness (QED) is 0.594. The molecule has 23 heavy (non-hydrogen) atoms. The van der Waals surface area contributed by atoms with Crippen molar-refractivity contribution in [2.45, 2.75) is 4.90 Å². The number of hydrazine groups is 1. The summed E-state index contributed by atoms with van der Waals surface area (Å²) in [6.45, 7) is 0. The van der Waals surface area contributed by atoms with E-state index < -0.39 is 15.9 Å². The van der Waals surface area contributed by atoms with Crippen molar-refractivity contribution in [2.24, 2.45) is 0 Å². The molecule has 3 aromatic rings. The highest BCUT2D eigenvalue weighted by molar-refractivity contribution is 9.10. The zero-order valence-electron chi connectivity index (χ0n) is 11.7. The maximum absolute atomic E-state index is 12.1. The topological polar surface area (TPSA) is 91.1 Å². The van der Waals surface area contributed by atoms with Gasteiger partial charge in [0.15, 0.2) is 0 Å². The van der Waals surface area contributed by atoms with Gasteiger partial charge < -0.3 is 4.98 Å². The lowest BCUT2D eigenvalue weighted by molar-refractivity contribution is 0.0941. The average molecular weight is 394 g/mol. The highest BCUT2D eigenvalue weighted by atomic mass is 79.9. The highest BCUT2D eigenvalue weighted by Gasteiger charge is 2.16. The molecule has 0 fully saturated rings. The van der Waals surface area contributed by atoms with Gasteiger partial charge in [-0.25, -0.2) is 8.42 Å². The van der Waals surface area contributed by atoms with Gasteiger partial charge in [-0.1, -0.05) is 34.1 Å². The summed E-state index contributed by atoms with van der Waals surface area (Å²) in [5.74, 6) is -0.572. The summed E-state index contributed by atoms with van der Waals surface area (Å²) in [7, 11) is -3.80. The number of carbonyl (C=O) groups is 1. The van der Waals surface area contributed by atoms with E-state index >= 15 is 0 Å². The van der Waals surface area contributed by atoms with Gasteiger partial charge in [0.05, 0.1) is 4.90 Å². The molecule has 0 aliphatic carbocycles. The summed E-state index contributed by atoms with van der Waals surface area (Å²) in [6, 6.07) is 15.0. The molecule has 3 N–H and O–H groups in total. The predicted octanol–water partition coefficient (Wildman–Crippen LogP) is 2.55. The maximum Gasteiger partial charge on any atom is 0.282 e. The molecule has 0 spiro atoms. The third-order valence-electron chi connectivity index (χ3n) is 3.18. The smallest absolute Gasteiger partial charge is 0.282 e. The molecule has 0 aliphatic heterocycles. The SMILES string of the molecule is O=C(NNS(=O)(=O)c1ccccc1)c1cc2cc(Br)ccc2[nH]1. The largest absolute Gasteiger partial charge is 0.350 e. The number of amides is 1. The number of nitrogens with one attached hydrogen (secondary N) is 3. The van der Waals surface area contributed by atoms with E-state index in [-0.39, 0.29) is 10.6 Å². The Balaban J connectivity index is 1.76. The van der Waals surface area contributed by atoms with Crippen molar-refractivity contribution in [3.8, 4) is 0 Å². The number of carbonyl (C=O) groups excluding carboxylic acids is 1. The molecule has 2 aromatic carbocycles. The Morgan fingerprint density at radius 1 is 1.04 bits per heavy atom. The fourth-order valence-electron chi connectivity index (χ4n) is 2.07. The van der Waals surface area contributed by atoms with Crippen LogP contribution in [0.1, 0.15) is 10.5 Å². The molecule has 0 aliphatic rings. The molecule has 0 saturated carbocycles. The minimum atomic E-state index is -3.80. The number of benzene rings is 2. The third-order valence-corrected chi connectivity index (χ3v) is 4.94. The van der Waals surface area contributed by atoms with Gasteiger partial charge in [-0.3, -0.25) is 10.2 Å². The minimum absolute atomic E-state index is 0.0703. The summed E-state index contributed by atoms with van der Waals surface area (Å²) in [5, 5.41) is 0.843. The first-order valence-electron chi connectivity index (χ1n) is 6.61. The van der Waals surface area contributed by atoms with E-state index in [1.807, 2.05) is 18.2 Å². The average Bonchev–Trinajstić information content (AvgIpc) is 2.96. The Morgan fingerprint density at radius 2 is 1.78 bits per heavy atom. The van der Waals surface area contributed by atoms with E-state index in [1.165, 1.54) is 12.1 Å². The molecule has 0 unspecified atom stereocenters. The lowest BCUT2D eigenvalue weighted by atomic mass is 10.2. The van der Waals surface area contributed by atoms with Crippen LogP contribution in [0.4, 0.5) is 0 Å². The van der Waals surface area contributed by atoms with Crippen LogP contribution in [0.5, 0.6) is 0 Å². The highest BCUT2D eigenvalue weighted by Crippen LogP contribution is 2.20. The van der Waals surface area contributed by atoms with Crippen molar-refractivity contribution in [1.82, 2.24) is 15.2 Å². The van der Waals surface area contributed by atoms with Gasteiger partial charge in [-0.05, 0) is 36.4 Å². The summed E-state index contributed by atoms with van der Waals surface area (Å²) in [4.78, 5) is 17.2. The van der Waals surface area contributed by atoms with Crippen molar-refractivity contribution < 1.29 is 13.2 Å². The number of aromatic amines is 1. The summed E-state index contributed by atoms with van der Waals surface area (Å²) < 4.78 is 25.0. The molecule has 0 atom stereocenters. The molecule has 118 valence electrons. The van der Waals surface area contributed by atoms with Crippen LogP contribution in [-0.4, -0.2) is 19.3 Å². The van der Waals surface area contributed by atoms with Gasteiger partial charge in [-0.15, -0.1) is 4.83 Å². The maximum atomic E-state index is 12.1. The van der Waals surface area contributed by atoms with Gasteiger partial charge in [0, 0.05) is 15.4 Å². The zero-order valence-corrected chi connectivity index (χ0v) is 14.1. The van der Waals surface area contributed by atoms with Gasteiger partial charge in [0.1, 0.15) is 5.69 Å². The van der Waals surface area contributed by atoms with Crippen LogP contribution in [0.3, 0.4) is 0 Å². The Labute approximate surface area is 141 Å². The second-order valence-corrected chi connectivity index (χ2v) is 7.39. The molecule has 0 radical (unpaired) electrons. The standard InChI is InChI=1S/C15H12BrN3O3S/c16-11-6-7-13-10(8-11)9-14(17-13)15(20)18-19-23(21,22)12-4-2-1-3-5-12/h1-9,17,19H,(H,18,20). The second kappa shape index (κ2) is 6.15. The number of hydrogen-bond acceptors (Lipinski definition) is 3. The summed E-state index contributed by atoms with van der Waals surface area (Å²) in [5.41, 5.74) is 3.23. The molecule has 6 nitrogen and oxygen atoms in total. The van der Waals surface area contributed by atoms with E-state index in [0.717, 1.165) is 15.4 Å². The summed E-state index contributed by atoms with van der Waals surface area (Å²) in [6.07, 6.45) is 0. The lowest BCUT2D eigenvalue weighted by Crippen LogP contribution is -2.41. The second-order valence-electron chi connectivity index (χ2n) is 4.79. The van der Waals surface area contributed by atoms with Crippen molar-refractivity contribution in [3.05, 3.63) is 64.8 Å². The Bertz CT molecular complexity index is 968. The number of rotatable bonds is 4. The van der Waals surface area contributed by atoms with Gasteiger partial charge in [0.25, 0.3) is 15.9 Å². The van der Waals surface area contributed by atoms with Crippen molar-refractivity contribution in [1.29, 1.82) is 0 Å². The van der Waals surface area contributed by atoms with Crippen LogP contribution in [0.15, 0.2) is 64.0 Å². The van der Waals surface area contributed by atoms with Crippen LogP contribution >= 0.6 is 15.9 Å². The van der Waals surface area contributed by atoms with Crippen LogP contribution < -0.4 is 10.3 Å². The third kappa shape index (κ3) is 3.44. The number of H-pyrrole nitrogens is 1. The fraction of sp³-hybridized carbons (Fsp3) is 0. The Hall–Kier alpha value is -2.16. The molecule has 1 aromatic heterocycles. The number of hydrogen-bond donors (Lipinski definition) is 3. The number of fused-ring (bicyclic) bond motifs is 1. The first-order chi connectivity index (χ1) is 11.0. The van der Waals surface area contributed by atoms with E-state index in [2.05, 4.69) is 31.2 Å². The fourth-order valence-corrected chi connectivity index (χ4v) is 3.30. The van der Waals surface area contributed by atoms with Gasteiger partial charge >= 0.3 is 0 Å². The molecule has 3 rings (SSSR count). The summed E-state index contributed by atoms with van der Waals surface area (Å²) >= 11 is 3.36. The zero-order chi connectivity index (χ0) is 16.4. The predicted molar refractivity (Wildman–Crippen MR) is 90.2 cm³/mol. The Kier molecular flexibility index (Phi) is 4.20. The van der Waals surface area contributed by atoms with Crippen LogP contribution in [0, 0.1) is 0 Å². The molecule has 0 saturated heterocycles. The van der Waals surface area contributed by atoms with Crippen molar-refractivity contribution in [2.75, 3.05) is 0 Å². The van der Waals surface area contributed by atoms with Gasteiger partial charge in [-0.2, -0.15) is 0 Å². The van der Waals surface area contributed by atoms with Crippen molar-refractivity contribution >= 4 is 42.8 Å². The Morgan fingerprint density at radius 3 is 2.52 bits per heavy atom. The van der Waals surface area contributed by atoms with E-state index in [1.54, 1.807) is 24.3 Å². The molecule has 1 amide bonds.